The largest absolute Gasteiger partial charge is 0.476 e. The van der Waals surface area contributed by atoms with Gasteiger partial charge in [-0.05, 0) is 60.4 Å². The van der Waals surface area contributed by atoms with Crippen LogP contribution in [-0.4, -0.2) is 12.4 Å². The van der Waals surface area contributed by atoms with Crippen LogP contribution in [-0.2, 0) is 11.3 Å². The Hall–Kier alpha value is -2.78. The Bertz CT molecular complexity index is 952. The highest BCUT2D eigenvalue weighted by molar-refractivity contribution is 6.30. The molecule has 156 valence electrons. The minimum atomic E-state index is 0.0750. The van der Waals surface area contributed by atoms with Crippen molar-refractivity contribution in [1.82, 2.24) is 0 Å². The van der Waals surface area contributed by atoms with Gasteiger partial charge < -0.3 is 9.47 Å². The lowest BCUT2D eigenvalue weighted by Crippen LogP contribution is -2.21. The van der Waals surface area contributed by atoms with E-state index >= 15 is 0 Å². The second-order valence-electron chi connectivity index (χ2n) is 7.44. The van der Waals surface area contributed by atoms with Gasteiger partial charge in [0.1, 0.15) is 18.1 Å². The molecule has 0 spiro atoms. The standard InChI is InChI=1S/C26H28ClNO2/c1-4-28-26(25(19(2)3)21-13-15-22(27)16-14-21)29-18-20-9-8-12-24(17-20)30-23-10-6-5-7-11-23/h5-17,19,25H,4,18H2,1-3H3. The van der Waals surface area contributed by atoms with Crippen LogP contribution in [0.3, 0.4) is 0 Å². The highest BCUT2D eigenvalue weighted by atomic mass is 35.5. The van der Waals surface area contributed by atoms with Crippen LogP contribution >= 0.6 is 11.6 Å². The molecule has 0 aliphatic heterocycles. The van der Waals surface area contributed by atoms with E-state index in [0.717, 1.165) is 33.5 Å². The van der Waals surface area contributed by atoms with Crippen molar-refractivity contribution in [3.05, 3.63) is 95.0 Å². The highest BCUT2D eigenvalue weighted by Gasteiger charge is 2.24. The first-order valence-corrected chi connectivity index (χ1v) is 10.7. The third-order valence-corrected chi connectivity index (χ3v) is 4.99. The molecule has 0 amide bonds. The Morgan fingerprint density at radius 1 is 0.900 bits per heavy atom. The summed E-state index contributed by atoms with van der Waals surface area (Å²) in [6.07, 6.45) is 0. The van der Waals surface area contributed by atoms with Crippen molar-refractivity contribution >= 4 is 17.5 Å². The van der Waals surface area contributed by atoms with E-state index in [9.17, 15) is 0 Å². The number of ether oxygens (including phenoxy) is 2. The number of benzene rings is 3. The predicted molar refractivity (Wildman–Crippen MR) is 125 cm³/mol. The maximum atomic E-state index is 6.24. The lowest BCUT2D eigenvalue weighted by Gasteiger charge is -2.24. The van der Waals surface area contributed by atoms with Crippen molar-refractivity contribution in [2.45, 2.75) is 33.3 Å². The zero-order valence-electron chi connectivity index (χ0n) is 17.7. The van der Waals surface area contributed by atoms with Gasteiger partial charge in [0.2, 0.25) is 0 Å². The molecule has 30 heavy (non-hydrogen) atoms. The second-order valence-corrected chi connectivity index (χ2v) is 7.87. The van der Waals surface area contributed by atoms with Crippen molar-refractivity contribution in [1.29, 1.82) is 0 Å². The summed E-state index contributed by atoms with van der Waals surface area (Å²) in [7, 11) is 0. The van der Waals surface area contributed by atoms with Crippen molar-refractivity contribution < 1.29 is 9.47 Å². The van der Waals surface area contributed by atoms with Crippen LogP contribution in [0.2, 0.25) is 5.02 Å². The van der Waals surface area contributed by atoms with Gasteiger partial charge in [0.15, 0.2) is 5.90 Å². The van der Waals surface area contributed by atoms with Gasteiger partial charge in [-0.1, -0.05) is 67.9 Å². The first-order chi connectivity index (χ1) is 14.6. The summed E-state index contributed by atoms with van der Waals surface area (Å²) in [6.45, 7) is 7.49. The van der Waals surface area contributed by atoms with Gasteiger partial charge in [-0.3, -0.25) is 4.99 Å². The van der Waals surface area contributed by atoms with Crippen LogP contribution in [0.1, 0.15) is 37.8 Å². The number of rotatable bonds is 8. The lowest BCUT2D eigenvalue weighted by atomic mass is 9.88. The molecule has 0 N–H and O–H groups in total. The molecule has 0 heterocycles. The van der Waals surface area contributed by atoms with E-state index in [4.69, 9.17) is 21.1 Å². The molecule has 0 saturated heterocycles. The number of nitrogens with zero attached hydrogens (tertiary/aromatic N) is 1. The van der Waals surface area contributed by atoms with Crippen LogP contribution in [0.25, 0.3) is 0 Å². The molecule has 0 aromatic heterocycles. The molecule has 0 radical (unpaired) electrons. The fourth-order valence-electron chi connectivity index (χ4n) is 3.35. The molecule has 0 aliphatic carbocycles. The van der Waals surface area contributed by atoms with Gasteiger partial charge in [-0.25, -0.2) is 0 Å². The summed E-state index contributed by atoms with van der Waals surface area (Å²) in [5.41, 5.74) is 2.19. The van der Waals surface area contributed by atoms with E-state index in [1.165, 1.54) is 0 Å². The molecule has 0 fully saturated rings. The van der Waals surface area contributed by atoms with Crippen LogP contribution in [0.4, 0.5) is 0 Å². The zero-order chi connectivity index (χ0) is 21.3. The molecule has 1 unspecified atom stereocenters. The van der Waals surface area contributed by atoms with E-state index in [2.05, 4.69) is 31.0 Å². The average Bonchev–Trinajstić information content (AvgIpc) is 2.74. The number of aliphatic imine (C=N–C) groups is 1. The summed E-state index contributed by atoms with van der Waals surface area (Å²) in [5, 5.41) is 0.728. The van der Waals surface area contributed by atoms with Crippen LogP contribution in [0.5, 0.6) is 11.5 Å². The number of para-hydroxylation sites is 1. The van der Waals surface area contributed by atoms with E-state index < -0.39 is 0 Å². The Labute approximate surface area is 184 Å². The number of hydrogen-bond donors (Lipinski definition) is 0. The van der Waals surface area contributed by atoms with Crippen LogP contribution < -0.4 is 4.74 Å². The van der Waals surface area contributed by atoms with Gasteiger partial charge in [0.25, 0.3) is 0 Å². The van der Waals surface area contributed by atoms with E-state index in [-0.39, 0.29) is 5.92 Å². The molecule has 0 saturated carbocycles. The summed E-state index contributed by atoms with van der Waals surface area (Å²) in [4.78, 5) is 4.68. The van der Waals surface area contributed by atoms with Gasteiger partial charge >= 0.3 is 0 Å². The molecular weight excluding hydrogens is 394 g/mol. The quantitative estimate of drug-likeness (QED) is 0.278. The van der Waals surface area contributed by atoms with Gasteiger partial charge in [-0.15, -0.1) is 0 Å². The van der Waals surface area contributed by atoms with Crippen LogP contribution in [0.15, 0.2) is 83.9 Å². The van der Waals surface area contributed by atoms with E-state index in [1.54, 1.807) is 0 Å². The van der Waals surface area contributed by atoms with E-state index in [1.807, 2.05) is 73.7 Å². The minimum Gasteiger partial charge on any atom is -0.476 e. The minimum absolute atomic E-state index is 0.0750. The fraction of sp³-hybridized carbons (Fsp3) is 0.269. The normalized spacial score (nSPS) is 12.6. The lowest BCUT2D eigenvalue weighted by molar-refractivity contribution is 0.268. The topological polar surface area (TPSA) is 30.8 Å². The molecular formula is C26H28ClNO2. The van der Waals surface area contributed by atoms with Crippen molar-refractivity contribution in [3.8, 4) is 11.5 Å². The summed E-state index contributed by atoms with van der Waals surface area (Å²) in [6, 6.07) is 25.7. The summed E-state index contributed by atoms with van der Waals surface area (Å²) >= 11 is 6.08. The molecule has 0 bridgehead atoms. The fourth-order valence-corrected chi connectivity index (χ4v) is 3.48. The molecule has 3 rings (SSSR count). The SMILES string of the molecule is CCN=C(OCc1cccc(Oc2ccccc2)c1)C(c1ccc(Cl)cc1)C(C)C. The molecule has 0 aliphatic rings. The molecule has 4 heteroatoms. The zero-order valence-corrected chi connectivity index (χ0v) is 18.5. The Morgan fingerprint density at radius 3 is 2.27 bits per heavy atom. The molecule has 3 nitrogen and oxygen atoms in total. The summed E-state index contributed by atoms with van der Waals surface area (Å²) in [5.74, 6) is 2.76. The van der Waals surface area contributed by atoms with Gasteiger partial charge in [0, 0.05) is 11.6 Å². The molecule has 1 atom stereocenters. The maximum absolute atomic E-state index is 6.24. The van der Waals surface area contributed by atoms with Crippen molar-refractivity contribution in [2.75, 3.05) is 6.54 Å². The Kier molecular flexibility index (Phi) is 7.92. The number of hydrogen-bond acceptors (Lipinski definition) is 3. The number of halogens is 1. The first kappa shape index (κ1) is 21.9. The predicted octanol–water partition coefficient (Wildman–Crippen LogP) is 7.51. The highest BCUT2D eigenvalue weighted by Crippen LogP contribution is 2.29. The third kappa shape index (κ3) is 6.11. The Morgan fingerprint density at radius 2 is 1.60 bits per heavy atom. The smallest absolute Gasteiger partial charge is 0.191 e. The van der Waals surface area contributed by atoms with E-state index in [0.29, 0.717) is 19.1 Å². The molecule has 3 aromatic rings. The van der Waals surface area contributed by atoms with Crippen molar-refractivity contribution in [2.24, 2.45) is 10.9 Å². The average molecular weight is 422 g/mol. The Balaban J connectivity index is 1.75. The third-order valence-electron chi connectivity index (χ3n) is 4.74. The van der Waals surface area contributed by atoms with Crippen LogP contribution in [0, 0.1) is 5.92 Å². The van der Waals surface area contributed by atoms with Gasteiger partial charge in [0.05, 0.1) is 5.92 Å². The summed E-state index contributed by atoms with van der Waals surface area (Å²) < 4.78 is 12.2. The maximum Gasteiger partial charge on any atom is 0.191 e. The van der Waals surface area contributed by atoms with Gasteiger partial charge in [-0.2, -0.15) is 0 Å². The first-order valence-electron chi connectivity index (χ1n) is 10.3. The second kappa shape index (κ2) is 10.8. The van der Waals surface area contributed by atoms with Crippen molar-refractivity contribution in [3.63, 3.8) is 0 Å². The monoisotopic (exact) mass is 421 g/mol. The molecule has 3 aromatic carbocycles.